The highest BCUT2D eigenvalue weighted by Crippen LogP contribution is 2.18. The van der Waals surface area contributed by atoms with Gasteiger partial charge < -0.3 is 15.7 Å². The molecule has 0 spiro atoms. The zero-order valence-corrected chi connectivity index (χ0v) is 11.5. The fourth-order valence-corrected chi connectivity index (χ4v) is 1.76. The van der Waals surface area contributed by atoms with E-state index in [-0.39, 0.29) is 12.1 Å². The minimum atomic E-state index is -1.65. The van der Waals surface area contributed by atoms with Gasteiger partial charge in [-0.15, -0.1) is 0 Å². The number of hydrogen-bond acceptors (Lipinski definition) is 2. The zero-order valence-electron chi connectivity index (χ0n) is 11.5. The summed E-state index contributed by atoms with van der Waals surface area (Å²) in [6.07, 6.45) is 0.671. The van der Waals surface area contributed by atoms with Crippen molar-refractivity contribution in [3.8, 4) is 0 Å². The molecule has 1 rings (SSSR count). The topological polar surface area (TPSA) is 78.4 Å². The minimum Gasteiger partial charge on any atom is -0.480 e. The molecular formula is C13H15F3N2O3. The molecule has 1 aromatic rings. The van der Waals surface area contributed by atoms with E-state index < -0.39 is 35.0 Å². The average molecular weight is 304 g/mol. The number of rotatable bonds is 5. The standard InChI is InChI=1S/C13H15F3N2O3/c1-3-4-13(2,11(19)20)18-12(21)17-7-5-8(14)10(16)9(15)6-7/h5-6H,3-4H2,1-2H3,(H,19,20)(H2,17,18,21). The minimum absolute atomic E-state index is 0.169. The molecule has 0 aliphatic carbocycles. The predicted molar refractivity (Wildman–Crippen MR) is 69.4 cm³/mol. The zero-order chi connectivity index (χ0) is 16.2. The molecule has 1 unspecified atom stereocenters. The first-order valence-electron chi connectivity index (χ1n) is 6.16. The first kappa shape index (κ1) is 16.8. The van der Waals surface area contributed by atoms with Crippen molar-refractivity contribution < 1.29 is 27.9 Å². The number of carboxylic acid groups (broad SMARTS) is 1. The molecule has 0 saturated carbocycles. The summed E-state index contributed by atoms with van der Waals surface area (Å²) in [6, 6.07) is 0.227. The Hall–Kier alpha value is -2.25. The maximum absolute atomic E-state index is 13.0. The van der Waals surface area contributed by atoms with Crippen molar-refractivity contribution in [1.29, 1.82) is 0 Å². The van der Waals surface area contributed by atoms with Gasteiger partial charge in [0.2, 0.25) is 0 Å². The molecule has 0 saturated heterocycles. The Balaban J connectivity index is 2.84. The molecular weight excluding hydrogens is 289 g/mol. The van der Waals surface area contributed by atoms with Crippen molar-refractivity contribution >= 4 is 17.7 Å². The number of carbonyl (C=O) groups is 2. The Morgan fingerprint density at radius 1 is 1.24 bits per heavy atom. The molecule has 3 N–H and O–H groups in total. The van der Waals surface area contributed by atoms with Crippen molar-refractivity contribution in [2.45, 2.75) is 32.2 Å². The Morgan fingerprint density at radius 3 is 2.19 bits per heavy atom. The molecule has 0 radical (unpaired) electrons. The van der Waals surface area contributed by atoms with Gasteiger partial charge in [0, 0.05) is 17.8 Å². The number of anilines is 1. The monoisotopic (exact) mass is 304 g/mol. The lowest BCUT2D eigenvalue weighted by atomic mass is 9.97. The maximum Gasteiger partial charge on any atom is 0.329 e. The molecule has 5 nitrogen and oxygen atoms in total. The molecule has 0 aliphatic heterocycles. The highest BCUT2D eigenvalue weighted by Gasteiger charge is 2.33. The maximum atomic E-state index is 13.0. The first-order valence-corrected chi connectivity index (χ1v) is 6.16. The van der Waals surface area contributed by atoms with Gasteiger partial charge >= 0.3 is 12.0 Å². The quantitative estimate of drug-likeness (QED) is 0.732. The second kappa shape index (κ2) is 6.47. The molecule has 0 aliphatic rings. The van der Waals surface area contributed by atoms with Crippen LogP contribution in [0.4, 0.5) is 23.7 Å². The van der Waals surface area contributed by atoms with Crippen LogP contribution in [0.1, 0.15) is 26.7 Å². The summed E-state index contributed by atoms with van der Waals surface area (Å²) in [7, 11) is 0. The first-order chi connectivity index (χ1) is 9.69. The van der Waals surface area contributed by atoms with E-state index in [0.29, 0.717) is 18.6 Å². The normalized spacial score (nSPS) is 13.4. The van der Waals surface area contributed by atoms with Crippen LogP contribution in [0.2, 0.25) is 0 Å². The molecule has 0 heterocycles. The van der Waals surface area contributed by atoms with Gasteiger partial charge in [-0.1, -0.05) is 13.3 Å². The fraction of sp³-hybridized carbons (Fsp3) is 0.385. The lowest BCUT2D eigenvalue weighted by molar-refractivity contribution is -0.143. The molecule has 21 heavy (non-hydrogen) atoms. The van der Waals surface area contributed by atoms with Crippen LogP contribution in [0.15, 0.2) is 12.1 Å². The molecule has 0 bridgehead atoms. The highest BCUT2D eigenvalue weighted by atomic mass is 19.2. The number of carboxylic acids is 1. The lowest BCUT2D eigenvalue weighted by Crippen LogP contribution is -2.53. The smallest absolute Gasteiger partial charge is 0.329 e. The fourth-order valence-electron chi connectivity index (χ4n) is 1.76. The van der Waals surface area contributed by atoms with Gasteiger partial charge in [-0.05, 0) is 13.3 Å². The van der Waals surface area contributed by atoms with Gasteiger partial charge in [0.15, 0.2) is 17.5 Å². The van der Waals surface area contributed by atoms with Gasteiger partial charge in [-0.2, -0.15) is 0 Å². The number of amides is 2. The summed E-state index contributed by atoms with van der Waals surface area (Å²) in [5.41, 5.74) is -1.84. The van der Waals surface area contributed by atoms with Crippen LogP contribution < -0.4 is 10.6 Å². The molecule has 0 aromatic heterocycles. The van der Waals surface area contributed by atoms with E-state index in [9.17, 15) is 22.8 Å². The number of benzene rings is 1. The van der Waals surface area contributed by atoms with Crippen LogP contribution in [-0.2, 0) is 4.79 Å². The van der Waals surface area contributed by atoms with E-state index in [1.165, 1.54) is 6.92 Å². The number of halogens is 3. The number of nitrogens with one attached hydrogen (secondary N) is 2. The molecule has 1 aromatic carbocycles. The Morgan fingerprint density at radius 2 is 1.76 bits per heavy atom. The van der Waals surface area contributed by atoms with Gasteiger partial charge in [0.25, 0.3) is 0 Å². The van der Waals surface area contributed by atoms with E-state index in [4.69, 9.17) is 5.11 Å². The van der Waals surface area contributed by atoms with E-state index in [2.05, 4.69) is 10.6 Å². The van der Waals surface area contributed by atoms with Crippen LogP contribution >= 0.6 is 0 Å². The largest absolute Gasteiger partial charge is 0.480 e. The number of urea groups is 1. The lowest BCUT2D eigenvalue weighted by Gasteiger charge is -2.25. The van der Waals surface area contributed by atoms with Gasteiger partial charge in [0.1, 0.15) is 5.54 Å². The van der Waals surface area contributed by atoms with E-state index in [1.54, 1.807) is 6.92 Å². The summed E-state index contributed by atoms with van der Waals surface area (Å²) in [6.45, 7) is 3.05. The Bertz CT molecular complexity index is 543. The summed E-state index contributed by atoms with van der Waals surface area (Å²) in [5.74, 6) is -5.81. The summed E-state index contributed by atoms with van der Waals surface area (Å²) in [4.78, 5) is 22.8. The van der Waals surface area contributed by atoms with Gasteiger partial charge in [-0.25, -0.2) is 22.8 Å². The third-order valence-corrected chi connectivity index (χ3v) is 2.85. The van der Waals surface area contributed by atoms with E-state index in [0.717, 1.165) is 0 Å². The number of aliphatic carboxylic acids is 1. The number of carbonyl (C=O) groups excluding carboxylic acids is 1. The van der Waals surface area contributed by atoms with Crippen LogP contribution in [0.3, 0.4) is 0 Å². The predicted octanol–water partition coefficient (Wildman–Crippen LogP) is 2.87. The number of hydrogen-bond donors (Lipinski definition) is 3. The SMILES string of the molecule is CCCC(C)(NC(=O)Nc1cc(F)c(F)c(F)c1)C(=O)O. The molecule has 1 atom stereocenters. The average Bonchev–Trinajstić information content (AvgIpc) is 2.35. The van der Waals surface area contributed by atoms with Crippen LogP contribution in [0.5, 0.6) is 0 Å². The van der Waals surface area contributed by atoms with E-state index in [1.807, 2.05) is 0 Å². The summed E-state index contributed by atoms with van der Waals surface area (Å²) < 4.78 is 38.8. The molecule has 116 valence electrons. The third kappa shape index (κ3) is 4.11. The highest BCUT2D eigenvalue weighted by molar-refractivity contribution is 5.93. The Kier molecular flexibility index (Phi) is 5.17. The van der Waals surface area contributed by atoms with Gasteiger partial charge in [0.05, 0.1) is 0 Å². The van der Waals surface area contributed by atoms with Crippen LogP contribution in [0, 0.1) is 17.5 Å². The second-order valence-electron chi connectivity index (χ2n) is 4.72. The molecule has 0 fully saturated rings. The molecule has 8 heteroatoms. The second-order valence-corrected chi connectivity index (χ2v) is 4.72. The van der Waals surface area contributed by atoms with Crippen molar-refractivity contribution in [3.63, 3.8) is 0 Å². The summed E-state index contributed by atoms with van der Waals surface area (Å²) >= 11 is 0. The van der Waals surface area contributed by atoms with E-state index >= 15 is 0 Å². The van der Waals surface area contributed by atoms with Crippen molar-refractivity contribution in [1.82, 2.24) is 5.32 Å². The van der Waals surface area contributed by atoms with Crippen LogP contribution in [0.25, 0.3) is 0 Å². The van der Waals surface area contributed by atoms with Crippen LogP contribution in [-0.4, -0.2) is 22.6 Å². The van der Waals surface area contributed by atoms with Crippen molar-refractivity contribution in [3.05, 3.63) is 29.6 Å². The summed E-state index contributed by atoms with van der Waals surface area (Å²) in [5, 5.41) is 13.4. The van der Waals surface area contributed by atoms with Crippen molar-refractivity contribution in [2.75, 3.05) is 5.32 Å². The van der Waals surface area contributed by atoms with Crippen molar-refractivity contribution in [2.24, 2.45) is 0 Å². The molecule has 2 amide bonds. The third-order valence-electron chi connectivity index (χ3n) is 2.85. The Labute approximate surface area is 119 Å². The van der Waals surface area contributed by atoms with Gasteiger partial charge in [-0.3, -0.25) is 0 Å².